The van der Waals surface area contributed by atoms with Gasteiger partial charge in [0.2, 0.25) is 0 Å². The van der Waals surface area contributed by atoms with E-state index in [-0.39, 0.29) is 0 Å². The number of aromatic nitrogens is 2. The second-order valence-electron chi connectivity index (χ2n) is 7.19. The van der Waals surface area contributed by atoms with Crippen LogP contribution < -0.4 is 4.90 Å². The maximum Gasteiger partial charge on any atom is 0.0568 e. The van der Waals surface area contributed by atoms with Crippen LogP contribution in [0, 0.1) is 0 Å². The average Bonchev–Trinajstić information content (AvgIpc) is 3.06. The quantitative estimate of drug-likeness (QED) is 0.616. The van der Waals surface area contributed by atoms with E-state index >= 15 is 0 Å². The highest BCUT2D eigenvalue weighted by Gasteiger charge is 2.14. The minimum absolute atomic E-state index is 1.17. The molecule has 1 aliphatic rings. The van der Waals surface area contributed by atoms with E-state index in [1.54, 1.807) is 0 Å². The van der Waals surface area contributed by atoms with Gasteiger partial charge in [0, 0.05) is 38.1 Å². The van der Waals surface area contributed by atoms with Crippen LogP contribution in [0.4, 0.5) is 5.69 Å². The Morgan fingerprint density at radius 2 is 1.68 bits per heavy atom. The average molecular weight is 342 g/mol. The van der Waals surface area contributed by atoms with Gasteiger partial charge in [-0.3, -0.25) is 4.68 Å². The molecule has 25 heavy (non-hydrogen) atoms. The molecular weight excluding hydrogens is 306 g/mol. The largest absolute Gasteiger partial charge is 0.374 e. The molecule has 0 amide bonds. The van der Waals surface area contributed by atoms with Crippen molar-refractivity contribution in [2.45, 2.75) is 65.2 Å². The van der Waals surface area contributed by atoms with E-state index in [2.05, 4.69) is 55.3 Å². The second kappa shape index (κ2) is 10.3. The van der Waals surface area contributed by atoms with Crippen LogP contribution in [0.15, 0.2) is 30.6 Å². The minimum Gasteiger partial charge on any atom is -0.374 e. The highest BCUT2D eigenvalue weighted by atomic mass is 15.2. The lowest BCUT2D eigenvalue weighted by atomic mass is 9.98. The zero-order valence-corrected chi connectivity index (χ0v) is 16.6. The van der Waals surface area contributed by atoms with E-state index in [4.69, 9.17) is 0 Å². The number of anilines is 1. The maximum absolute atomic E-state index is 4.23. The molecule has 1 aromatic carbocycles. The van der Waals surface area contributed by atoms with Crippen molar-refractivity contribution in [3.63, 3.8) is 0 Å². The number of unbranched alkanes of at least 4 members (excludes halogenated alkanes) is 5. The van der Waals surface area contributed by atoms with Crippen LogP contribution in [0.2, 0.25) is 0 Å². The third-order valence-electron chi connectivity index (χ3n) is 4.93. The standard InChI is InChI=1S/C14H17N3.C8H18/c1-16-7-3-4-12-8-11(5-6-14(12)16)13-9-15-17(2)10-13;1-3-5-7-8-6-4-2/h5-6,8-10H,3-4,7H2,1-2H3;3-8H2,1-2H3. The fraction of sp³-hybridized carbons (Fsp3) is 0.591. The van der Waals surface area contributed by atoms with Gasteiger partial charge in [0.1, 0.15) is 0 Å². The van der Waals surface area contributed by atoms with Crippen LogP contribution in [-0.4, -0.2) is 23.4 Å². The summed E-state index contributed by atoms with van der Waals surface area (Å²) >= 11 is 0. The van der Waals surface area contributed by atoms with Gasteiger partial charge in [0.25, 0.3) is 0 Å². The Hall–Kier alpha value is -1.77. The SMILES string of the molecule is CCCCCCCC.CN1CCCc2cc(-c3cnn(C)c3)ccc21. The van der Waals surface area contributed by atoms with E-state index in [1.165, 1.54) is 80.3 Å². The fourth-order valence-electron chi connectivity index (χ4n) is 3.39. The predicted molar refractivity (Wildman–Crippen MR) is 109 cm³/mol. The number of hydrogen-bond acceptors (Lipinski definition) is 2. The van der Waals surface area contributed by atoms with Crippen molar-refractivity contribution in [1.82, 2.24) is 9.78 Å². The van der Waals surface area contributed by atoms with Crippen molar-refractivity contribution in [2.24, 2.45) is 7.05 Å². The smallest absolute Gasteiger partial charge is 0.0568 e. The minimum atomic E-state index is 1.17. The van der Waals surface area contributed by atoms with Gasteiger partial charge in [-0.25, -0.2) is 0 Å². The molecule has 0 radical (unpaired) electrons. The Labute approximate surface area is 154 Å². The predicted octanol–water partition coefficient (Wildman–Crippen LogP) is 5.84. The lowest BCUT2D eigenvalue weighted by Crippen LogP contribution is -2.24. The molecule has 0 saturated heterocycles. The van der Waals surface area contributed by atoms with Crippen LogP contribution in [0.3, 0.4) is 0 Å². The number of rotatable bonds is 6. The molecule has 0 spiro atoms. The van der Waals surface area contributed by atoms with Gasteiger partial charge in [0.15, 0.2) is 0 Å². The van der Waals surface area contributed by atoms with E-state index in [0.717, 1.165) is 0 Å². The molecule has 0 fully saturated rings. The summed E-state index contributed by atoms with van der Waals surface area (Å²) in [6, 6.07) is 6.73. The molecule has 0 saturated carbocycles. The Kier molecular flexibility index (Phi) is 8.03. The van der Waals surface area contributed by atoms with E-state index in [1.807, 2.05) is 17.9 Å². The first-order valence-corrected chi connectivity index (χ1v) is 9.98. The third kappa shape index (κ3) is 5.91. The Bertz CT molecular complexity index is 624. The molecule has 0 atom stereocenters. The van der Waals surface area contributed by atoms with Gasteiger partial charge >= 0.3 is 0 Å². The highest BCUT2D eigenvalue weighted by Crippen LogP contribution is 2.30. The normalized spacial score (nSPS) is 13.2. The first kappa shape index (κ1) is 19.6. The van der Waals surface area contributed by atoms with Gasteiger partial charge < -0.3 is 4.90 Å². The lowest BCUT2D eigenvalue weighted by molar-refractivity contribution is 0.624. The topological polar surface area (TPSA) is 21.1 Å². The lowest BCUT2D eigenvalue weighted by Gasteiger charge is -2.27. The first-order chi connectivity index (χ1) is 12.2. The van der Waals surface area contributed by atoms with E-state index in [9.17, 15) is 0 Å². The van der Waals surface area contributed by atoms with Crippen molar-refractivity contribution < 1.29 is 0 Å². The summed E-state index contributed by atoms with van der Waals surface area (Å²) in [5.41, 5.74) is 5.31. The van der Waals surface area contributed by atoms with E-state index in [0.29, 0.717) is 0 Å². The van der Waals surface area contributed by atoms with Crippen molar-refractivity contribution in [3.8, 4) is 11.1 Å². The van der Waals surface area contributed by atoms with Gasteiger partial charge in [-0.2, -0.15) is 5.10 Å². The second-order valence-corrected chi connectivity index (χ2v) is 7.19. The van der Waals surface area contributed by atoms with E-state index < -0.39 is 0 Å². The molecular formula is C22H35N3. The van der Waals surface area contributed by atoms with Crippen molar-refractivity contribution in [3.05, 3.63) is 36.2 Å². The Balaban J connectivity index is 0.000000242. The molecule has 0 unspecified atom stereocenters. The molecule has 0 bridgehead atoms. The molecule has 1 aliphatic heterocycles. The van der Waals surface area contributed by atoms with Crippen molar-refractivity contribution in [2.75, 3.05) is 18.5 Å². The van der Waals surface area contributed by atoms with Crippen LogP contribution >= 0.6 is 0 Å². The highest BCUT2D eigenvalue weighted by molar-refractivity contribution is 5.68. The van der Waals surface area contributed by atoms with Crippen molar-refractivity contribution >= 4 is 5.69 Å². The van der Waals surface area contributed by atoms with Crippen molar-refractivity contribution in [1.29, 1.82) is 0 Å². The summed E-state index contributed by atoms with van der Waals surface area (Å²) in [5.74, 6) is 0. The summed E-state index contributed by atoms with van der Waals surface area (Å²) < 4.78 is 1.85. The monoisotopic (exact) mass is 341 g/mol. The van der Waals surface area contributed by atoms with Crippen LogP contribution in [0.1, 0.15) is 64.4 Å². The molecule has 3 rings (SSSR count). The van der Waals surface area contributed by atoms with Gasteiger partial charge in [-0.15, -0.1) is 0 Å². The van der Waals surface area contributed by atoms with Crippen LogP contribution in [-0.2, 0) is 13.5 Å². The summed E-state index contributed by atoms with van der Waals surface area (Å²) in [5, 5.41) is 4.23. The molecule has 3 nitrogen and oxygen atoms in total. The van der Waals surface area contributed by atoms with Gasteiger partial charge in [-0.1, -0.05) is 58.4 Å². The fourth-order valence-corrected chi connectivity index (χ4v) is 3.39. The number of fused-ring (bicyclic) bond motifs is 1. The molecule has 3 heteroatoms. The summed E-state index contributed by atoms with van der Waals surface area (Å²) in [7, 11) is 4.12. The molecule has 2 heterocycles. The first-order valence-electron chi connectivity index (χ1n) is 9.98. The number of nitrogens with zero attached hydrogens (tertiary/aromatic N) is 3. The van der Waals surface area contributed by atoms with Gasteiger partial charge in [-0.05, 0) is 36.1 Å². The number of hydrogen-bond donors (Lipinski definition) is 0. The molecule has 2 aromatic rings. The zero-order valence-electron chi connectivity index (χ0n) is 16.6. The molecule has 138 valence electrons. The summed E-state index contributed by atoms with van der Waals surface area (Å²) in [6.07, 6.45) is 14.9. The Morgan fingerprint density at radius 1 is 0.960 bits per heavy atom. The molecule has 0 aliphatic carbocycles. The number of benzene rings is 1. The molecule has 0 N–H and O–H groups in total. The third-order valence-corrected chi connectivity index (χ3v) is 4.93. The zero-order chi connectivity index (χ0) is 18.1. The summed E-state index contributed by atoms with van der Waals surface area (Å²) in [6.45, 7) is 5.68. The van der Waals surface area contributed by atoms with Crippen LogP contribution in [0.5, 0.6) is 0 Å². The maximum atomic E-state index is 4.23. The van der Waals surface area contributed by atoms with Gasteiger partial charge in [0.05, 0.1) is 6.20 Å². The Morgan fingerprint density at radius 3 is 2.28 bits per heavy atom. The number of aryl methyl sites for hydroxylation is 2. The summed E-state index contributed by atoms with van der Waals surface area (Å²) in [4.78, 5) is 2.34. The van der Waals surface area contributed by atoms with Crippen LogP contribution in [0.25, 0.3) is 11.1 Å². The molecule has 1 aromatic heterocycles.